The van der Waals surface area contributed by atoms with E-state index < -0.39 is 0 Å². The van der Waals surface area contributed by atoms with Gasteiger partial charge in [-0.15, -0.1) is 0 Å². The lowest BCUT2D eigenvalue weighted by molar-refractivity contribution is 1.18. The Morgan fingerprint density at radius 3 is 0.593 bits per heavy atom. The molecule has 0 bridgehead atoms. The Labute approximate surface area is 866 Å². The average Bonchev–Trinajstić information content (AvgIpc) is 1.59. The molecule has 0 spiro atoms. The zero-order chi connectivity index (χ0) is 98.8. The highest BCUT2D eigenvalue weighted by atomic mass is 15.0. The van der Waals surface area contributed by atoms with Crippen molar-refractivity contribution in [1.29, 1.82) is 0 Å². The monoisotopic (exact) mass is 1910 g/mol. The Morgan fingerprint density at radius 1 is 0.0867 bits per heavy atom. The number of rotatable bonds is 13. The third-order valence-corrected chi connectivity index (χ3v) is 30.9. The number of para-hydroxylation sites is 6. The zero-order valence-electron chi connectivity index (χ0n) is 82.0. The van der Waals surface area contributed by atoms with E-state index in [1.54, 1.807) is 0 Å². The Balaban J connectivity index is 0.000000106. The Bertz CT molecular complexity index is 10700. The number of benzene rings is 25. The Morgan fingerprint density at radius 2 is 0.280 bits per heavy atom. The molecule has 0 radical (unpaired) electrons. The van der Waals surface area contributed by atoms with Gasteiger partial charge in [0.05, 0.1) is 83.3 Å². The first-order valence-corrected chi connectivity index (χ1v) is 51.6. The molecular formula is C144H94N6. The van der Waals surface area contributed by atoms with Crippen molar-refractivity contribution < 1.29 is 0 Å². The van der Waals surface area contributed by atoms with Gasteiger partial charge < -0.3 is 27.4 Å². The molecule has 0 saturated carbocycles. The topological polar surface area (TPSA) is 29.6 Å². The molecule has 31 aromatic rings. The highest BCUT2D eigenvalue weighted by Gasteiger charge is 2.25. The fraction of sp³-hybridized carbons (Fsp3) is 0. The molecule has 0 aliphatic carbocycles. The van der Waals surface area contributed by atoms with E-state index in [9.17, 15) is 0 Å². The van der Waals surface area contributed by atoms with Crippen LogP contribution in [0.1, 0.15) is 0 Å². The molecule has 700 valence electrons. The van der Waals surface area contributed by atoms with Gasteiger partial charge in [0, 0.05) is 97.9 Å². The lowest BCUT2D eigenvalue weighted by atomic mass is 9.98. The predicted molar refractivity (Wildman–Crippen MR) is 636 cm³/mol. The lowest BCUT2D eigenvalue weighted by Gasteiger charge is -2.14. The summed E-state index contributed by atoms with van der Waals surface area (Å²) >= 11 is 0. The highest BCUT2D eigenvalue weighted by molar-refractivity contribution is 6.19. The third kappa shape index (κ3) is 14.7. The first-order chi connectivity index (χ1) is 74.4. The molecule has 0 unspecified atom stereocenters. The minimum atomic E-state index is 1.15. The van der Waals surface area contributed by atoms with E-state index in [4.69, 9.17) is 0 Å². The summed E-state index contributed by atoms with van der Waals surface area (Å²) in [5.74, 6) is 0. The summed E-state index contributed by atoms with van der Waals surface area (Å²) in [7, 11) is 0. The van der Waals surface area contributed by atoms with Crippen molar-refractivity contribution in [1.82, 2.24) is 27.4 Å². The van der Waals surface area contributed by atoms with Crippen molar-refractivity contribution in [2.24, 2.45) is 0 Å². The number of nitrogens with zero attached hydrogens (tertiary/aromatic N) is 6. The maximum atomic E-state index is 2.44. The number of hydrogen-bond donors (Lipinski definition) is 0. The van der Waals surface area contributed by atoms with Gasteiger partial charge in [0.2, 0.25) is 0 Å². The second-order valence-electron chi connectivity index (χ2n) is 39.3. The van der Waals surface area contributed by atoms with Gasteiger partial charge >= 0.3 is 0 Å². The van der Waals surface area contributed by atoms with Crippen molar-refractivity contribution >= 4 is 163 Å². The summed E-state index contributed by atoms with van der Waals surface area (Å²) in [5.41, 5.74) is 38.6. The van der Waals surface area contributed by atoms with Gasteiger partial charge in [-0.1, -0.05) is 400 Å². The summed E-state index contributed by atoms with van der Waals surface area (Å²) in [6.07, 6.45) is 0. The number of aromatic nitrogens is 6. The van der Waals surface area contributed by atoms with Crippen LogP contribution in [0.15, 0.2) is 570 Å². The second kappa shape index (κ2) is 36.1. The number of hydrogen-bond acceptors (Lipinski definition) is 0. The molecule has 6 nitrogen and oxygen atoms in total. The van der Waals surface area contributed by atoms with Crippen molar-refractivity contribution in [3.8, 4) is 112 Å². The molecule has 6 heteroatoms. The minimum absolute atomic E-state index is 1.15. The third-order valence-electron chi connectivity index (χ3n) is 30.9. The van der Waals surface area contributed by atoms with E-state index in [0.717, 1.165) is 17.1 Å². The molecule has 6 heterocycles. The molecule has 0 aliphatic rings. The lowest BCUT2D eigenvalue weighted by Crippen LogP contribution is -1.96. The van der Waals surface area contributed by atoms with Crippen molar-refractivity contribution in [3.63, 3.8) is 0 Å². The van der Waals surface area contributed by atoms with Crippen molar-refractivity contribution in [3.05, 3.63) is 570 Å². The minimum Gasteiger partial charge on any atom is -0.309 e. The zero-order valence-corrected chi connectivity index (χ0v) is 82.0. The normalized spacial score (nSPS) is 11.7. The molecule has 0 aliphatic heterocycles. The van der Waals surface area contributed by atoms with Crippen molar-refractivity contribution in [2.75, 3.05) is 0 Å². The Kier molecular flexibility index (Phi) is 20.9. The van der Waals surface area contributed by atoms with Gasteiger partial charge in [0.15, 0.2) is 0 Å². The molecule has 25 aromatic carbocycles. The van der Waals surface area contributed by atoms with E-state index in [-0.39, 0.29) is 0 Å². The fourth-order valence-electron chi connectivity index (χ4n) is 24.0. The van der Waals surface area contributed by atoms with Gasteiger partial charge in [-0.25, -0.2) is 0 Å². The average molecular weight is 1910 g/mol. The van der Waals surface area contributed by atoms with E-state index in [2.05, 4.69) is 598 Å². The van der Waals surface area contributed by atoms with Crippen LogP contribution in [-0.2, 0) is 0 Å². The molecule has 6 aromatic heterocycles. The maximum Gasteiger partial charge on any atom is 0.0541 e. The first kappa shape index (κ1) is 86.7. The quantitative estimate of drug-likeness (QED) is 0.110. The molecule has 0 N–H and O–H groups in total. The van der Waals surface area contributed by atoms with Crippen LogP contribution in [0.25, 0.3) is 275 Å². The van der Waals surface area contributed by atoms with Crippen LogP contribution in [0.2, 0.25) is 0 Å². The number of fused-ring (bicyclic) bond motifs is 21. The van der Waals surface area contributed by atoms with E-state index in [1.807, 2.05) is 0 Å². The van der Waals surface area contributed by atoms with E-state index in [0.29, 0.717) is 0 Å². The standard InChI is InChI=1S/C52H34N2.2C46H30N2/c1-3-14-35(15-4-1)40-30-41(36-16-5-2-6-17-36)32-42(31-40)53-49-23-11-9-21-44(49)46-33-38(26-28-51(46)53)39-27-29-52-47(34-39)45-22-10-12-24-50(45)54(52)48-25-13-19-37-18-7-8-20-43(37)48;1-2-12-31(13-3-1)33-16-10-17-36(28-33)47-43-21-8-6-19-38(43)40-29-34(24-26-45(40)47)35-25-27-46-41(30-35)39-20-7-9-22-44(39)48(46)42-23-11-15-32-14-4-5-18-37(32)42;1-2-11-31(12-3-1)32-21-25-36(26-22-32)47-43-18-8-6-16-38(43)40-29-34(23-27-45(40)47)35-24-28-46-41(30-35)39-17-7-9-19-44(39)48(46)42-20-10-14-33-13-4-5-15-37(33)42/h1-34H;2*1-30H. The first-order valence-electron chi connectivity index (χ1n) is 51.6. The van der Waals surface area contributed by atoms with Crippen molar-refractivity contribution in [2.45, 2.75) is 0 Å². The highest BCUT2D eigenvalue weighted by Crippen LogP contribution is 2.47. The second-order valence-corrected chi connectivity index (χ2v) is 39.3. The largest absolute Gasteiger partial charge is 0.309 e. The van der Waals surface area contributed by atoms with Gasteiger partial charge in [-0.3, -0.25) is 0 Å². The summed E-state index contributed by atoms with van der Waals surface area (Å²) in [5, 5.41) is 22.6. The van der Waals surface area contributed by atoms with Gasteiger partial charge in [0.25, 0.3) is 0 Å². The summed E-state index contributed by atoms with van der Waals surface area (Å²) in [6, 6.07) is 208. The van der Waals surface area contributed by atoms with Crippen LogP contribution in [0.4, 0.5) is 0 Å². The van der Waals surface area contributed by atoms with Crippen LogP contribution in [-0.4, -0.2) is 27.4 Å². The van der Waals surface area contributed by atoms with Gasteiger partial charge in [-0.05, 0) is 264 Å². The Hall–Kier alpha value is -19.9. The molecule has 0 fully saturated rings. The van der Waals surface area contributed by atoms with Crippen LogP contribution in [0, 0.1) is 0 Å². The molecular weight excluding hydrogens is 1810 g/mol. The molecule has 150 heavy (non-hydrogen) atoms. The summed E-state index contributed by atoms with van der Waals surface area (Å²) < 4.78 is 14.5. The summed E-state index contributed by atoms with van der Waals surface area (Å²) in [4.78, 5) is 0. The van der Waals surface area contributed by atoms with E-state index in [1.165, 1.54) is 258 Å². The van der Waals surface area contributed by atoms with Gasteiger partial charge in [0.1, 0.15) is 0 Å². The summed E-state index contributed by atoms with van der Waals surface area (Å²) in [6.45, 7) is 0. The molecule has 31 rings (SSSR count). The van der Waals surface area contributed by atoms with Crippen LogP contribution in [0.3, 0.4) is 0 Å². The van der Waals surface area contributed by atoms with Crippen LogP contribution >= 0.6 is 0 Å². The predicted octanol–water partition coefficient (Wildman–Crippen LogP) is 38.8. The molecule has 0 amide bonds. The van der Waals surface area contributed by atoms with Crippen LogP contribution < -0.4 is 0 Å². The smallest absolute Gasteiger partial charge is 0.0541 e. The maximum absolute atomic E-state index is 2.44. The van der Waals surface area contributed by atoms with Crippen LogP contribution in [0.5, 0.6) is 0 Å². The fourth-order valence-corrected chi connectivity index (χ4v) is 24.0. The van der Waals surface area contributed by atoms with Gasteiger partial charge in [-0.2, -0.15) is 0 Å². The van der Waals surface area contributed by atoms with E-state index >= 15 is 0 Å². The molecule has 0 saturated heterocycles. The molecule has 0 atom stereocenters. The SMILES string of the molecule is c1ccc(-c2cc(-c3ccccc3)cc(-n3c4ccccc4c4cc(-c5ccc6c(c5)c5ccccc5n6-c5cccc6ccccc56)ccc43)c2)cc1.c1ccc(-c2ccc(-n3c4ccccc4c4cc(-c5ccc6c(c5)c5ccccc5n6-c5cccc6ccccc56)ccc43)cc2)cc1.c1ccc(-c2cccc(-n3c4ccccc4c4cc(-c5ccc6c(c5)c5ccccc5n6-c5cccc6ccccc56)ccc43)c2)cc1.